The first-order chi connectivity index (χ1) is 17.8. The Balaban J connectivity index is 1.49. The van der Waals surface area contributed by atoms with E-state index in [2.05, 4.69) is 4.74 Å². The molecule has 37 heavy (non-hydrogen) atoms. The third-order valence-corrected chi connectivity index (χ3v) is 6.69. The molecule has 0 saturated carbocycles. The molecule has 0 N–H and O–H groups in total. The summed E-state index contributed by atoms with van der Waals surface area (Å²) in [5.41, 5.74) is 1.42. The number of hydrogen-bond acceptors (Lipinski definition) is 8. The van der Waals surface area contributed by atoms with Crippen LogP contribution in [0.4, 0.5) is 4.79 Å². The van der Waals surface area contributed by atoms with Crippen molar-refractivity contribution < 1.29 is 33.0 Å². The number of furan rings is 1. The van der Waals surface area contributed by atoms with E-state index in [0.717, 1.165) is 22.2 Å². The zero-order valence-corrected chi connectivity index (χ0v) is 22.1. The maximum absolute atomic E-state index is 12.9. The van der Waals surface area contributed by atoms with Gasteiger partial charge in [0.05, 0.1) is 25.2 Å². The van der Waals surface area contributed by atoms with Gasteiger partial charge >= 0.3 is 5.97 Å². The summed E-state index contributed by atoms with van der Waals surface area (Å²) in [7, 11) is 1.23. The van der Waals surface area contributed by atoms with E-state index >= 15 is 0 Å². The van der Waals surface area contributed by atoms with E-state index in [1.807, 2.05) is 6.92 Å². The summed E-state index contributed by atoms with van der Waals surface area (Å²) >= 11 is 13.0. The number of thioether (sulfide) groups is 1. The predicted octanol–water partition coefficient (Wildman–Crippen LogP) is 6.59. The van der Waals surface area contributed by atoms with Crippen LogP contribution in [0.5, 0.6) is 11.5 Å². The van der Waals surface area contributed by atoms with E-state index < -0.39 is 17.1 Å². The Bertz CT molecular complexity index is 1380. The van der Waals surface area contributed by atoms with Crippen LogP contribution in [0.25, 0.3) is 6.08 Å². The van der Waals surface area contributed by atoms with Crippen molar-refractivity contribution in [3.63, 3.8) is 0 Å². The fraction of sp³-hybridized carbons (Fsp3) is 0.192. The van der Waals surface area contributed by atoms with Crippen LogP contribution in [0.2, 0.25) is 10.0 Å². The number of ether oxygens (including phenoxy) is 3. The average molecular weight is 562 g/mol. The van der Waals surface area contributed by atoms with Crippen molar-refractivity contribution in [1.82, 2.24) is 4.90 Å². The zero-order valence-electron chi connectivity index (χ0n) is 19.8. The van der Waals surface area contributed by atoms with Crippen LogP contribution in [0.3, 0.4) is 0 Å². The summed E-state index contributed by atoms with van der Waals surface area (Å²) < 4.78 is 21.6. The third kappa shape index (κ3) is 6.30. The lowest BCUT2D eigenvalue weighted by molar-refractivity contribution is -0.123. The Kier molecular flexibility index (Phi) is 8.48. The van der Waals surface area contributed by atoms with E-state index in [-0.39, 0.29) is 29.6 Å². The van der Waals surface area contributed by atoms with Crippen molar-refractivity contribution in [3.8, 4) is 11.5 Å². The third-order valence-electron chi connectivity index (χ3n) is 5.20. The largest absolute Gasteiger partial charge is 0.490 e. The van der Waals surface area contributed by atoms with Crippen LogP contribution in [0.1, 0.15) is 34.4 Å². The van der Waals surface area contributed by atoms with E-state index in [9.17, 15) is 14.4 Å². The molecule has 0 spiro atoms. The van der Waals surface area contributed by atoms with Gasteiger partial charge in [0.25, 0.3) is 11.1 Å². The maximum atomic E-state index is 12.9. The maximum Gasteiger partial charge on any atom is 0.373 e. The van der Waals surface area contributed by atoms with E-state index in [1.165, 1.54) is 19.2 Å². The van der Waals surface area contributed by atoms with Gasteiger partial charge in [0.1, 0.15) is 12.4 Å². The van der Waals surface area contributed by atoms with Crippen LogP contribution < -0.4 is 9.47 Å². The van der Waals surface area contributed by atoms with Crippen LogP contribution in [-0.2, 0) is 22.7 Å². The monoisotopic (exact) mass is 561 g/mol. The number of esters is 1. The first kappa shape index (κ1) is 26.7. The molecule has 0 bridgehead atoms. The van der Waals surface area contributed by atoms with E-state index in [0.29, 0.717) is 33.7 Å². The molecule has 0 aliphatic carbocycles. The molecular formula is C26H21Cl2NO7S. The van der Waals surface area contributed by atoms with Crippen molar-refractivity contribution in [3.05, 3.63) is 86.1 Å². The molecule has 0 unspecified atom stereocenters. The molecule has 1 saturated heterocycles. The van der Waals surface area contributed by atoms with Gasteiger partial charge in [-0.1, -0.05) is 35.3 Å². The second-order valence-electron chi connectivity index (χ2n) is 7.69. The highest BCUT2D eigenvalue weighted by molar-refractivity contribution is 8.18. The van der Waals surface area contributed by atoms with Crippen LogP contribution in [0.15, 0.2) is 57.9 Å². The number of carbonyl (C=O) groups excluding carboxylic acids is 3. The van der Waals surface area contributed by atoms with Gasteiger partial charge < -0.3 is 18.6 Å². The molecule has 192 valence electrons. The number of amides is 2. The van der Waals surface area contributed by atoms with Crippen molar-refractivity contribution in [2.45, 2.75) is 20.1 Å². The molecule has 2 heterocycles. The van der Waals surface area contributed by atoms with Crippen molar-refractivity contribution in [2.24, 2.45) is 0 Å². The number of carbonyl (C=O) groups is 3. The molecule has 3 aromatic rings. The molecule has 0 radical (unpaired) electrons. The van der Waals surface area contributed by atoms with E-state index in [4.69, 9.17) is 37.1 Å². The number of rotatable bonds is 9. The molecule has 8 nitrogen and oxygen atoms in total. The lowest BCUT2D eigenvalue weighted by Crippen LogP contribution is -2.27. The van der Waals surface area contributed by atoms with Gasteiger partial charge in [-0.05, 0) is 66.7 Å². The van der Waals surface area contributed by atoms with Gasteiger partial charge in [-0.3, -0.25) is 14.5 Å². The Hall–Kier alpha value is -3.40. The van der Waals surface area contributed by atoms with Gasteiger partial charge in [-0.2, -0.15) is 0 Å². The van der Waals surface area contributed by atoms with Crippen molar-refractivity contribution in [2.75, 3.05) is 13.7 Å². The summed E-state index contributed by atoms with van der Waals surface area (Å²) in [5.74, 6) is 0.133. The number of imide groups is 1. The molecule has 1 aliphatic heterocycles. The lowest BCUT2D eigenvalue weighted by atomic mass is 10.1. The van der Waals surface area contributed by atoms with Crippen LogP contribution in [-0.4, -0.2) is 35.7 Å². The van der Waals surface area contributed by atoms with Crippen LogP contribution >= 0.6 is 35.0 Å². The van der Waals surface area contributed by atoms with Crippen molar-refractivity contribution in [1.29, 1.82) is 0 Å². The first-order valence-corrected chi connectivity index (χ1v) is 12.6. The van der Waals surface area contributed by atoms with Gasteiger partial charge in [-0.15, -0.1) is 0 Å². The molecule has 2 aromatic carbocycles. The summed E-state index contributed by atoms with van der Waals surface area (Å²) in [6.45, 7) is 2.34. The van der Waals surface area contributed by atoms with Gasteiger partial charge in [0.2, 0.25) is 5.76 Å². The Morgan fingerprint density at radius 3 is 2.59 bits per heavy atom. The summed E-state index contributed by atoms with van der Waals surface area (Å²) in [6.07, 6.45) is 1.61. The number of hydrogen-bond donors (Lipinski definition) is 0. The smallest absolute Gasteiger partial charge is 0.373 e. The van der Waals surface area contributed by atoms with Crippen LogP contribution in [0, 0.1) is 0 Å². The SMILES string of the molecule is CCOc1cc(/C=C2/SC(=O)N(Cc3ccc(C(=O)OC)o3)C2=O)ccc1OCc1ccc(Cl)cc1Cl. The molecule has 1 fully saturated rings. The number of nitrogens with zero attached hydrogens (tertiary/aromatic N) is 1. The number of halogens is 2. The van der Waals surface area contributed by atoms with Crippen molar-refractivity contribution >= 4 is 58.2 Å². The quantitative estimate of drug-likeness (QED) is 0.213. The molecule has 4 rings (SSSR count). The Morgan fingerprint density at radius 1 is 1.05 bits per heavy atom. The second-order valence-corrected chi connectivity index (χ2v) is 9.53. The van der Waals surface area contributed by atoms with E-state index in [1.54, 1.807) is 42.5 Å². The minimum Gasteiger partial charge on any atom is -0.490 e. The van der Waals surface area contributed by atoms with Gasteiger partial charge in [0.15, 0.2) is 11.5 Å². The fourth-order valence-electron chi connectivity index (χ4n) is 3.41. The normalized spacial score (nSPS) is 14.4. The van der Waals surface area contributed by atoms with Gasteiger partial charge in [-0.25, -0.2) is 4.79 Å². The highest BCUT2D eigenvalue weighted by Gasteiger charge is 2.35. The summed E-state index contributed by atoms with van der Waals surface area (Å²) in [5, 5.41) is 0.582. The highest BCUT2D eigenvalue weighted by atomic mass is 35.5. The minimum absolute atomic E-state index is 0.0101. The number of benzene rings is 2. The fourth-order valence-corrected chi connectivity index (χ4v) is 4.71. The molecule has 1 aliphatic rings. The predicted molar refractivity (Wildman–Crippen MR) is 140 cm³/mol. The zero-order chi connectivity index (χ0) is 26.5. The Morgan fingerprint density at radius 2 is 1.86 bits per heavy atom. The lowest BCUT2D eigenvalue weighted by Gasteiger charge is -2.13. The summed E-state index contributed by atoms with van der Waals surface area (Å²) in [4.78, 5) is 38.3. The Labute approximate surface area is 227 Å². The first-order valence-electron chi connectivity index (χ1n) is 11.0. The molecule has 0 atom stereocenters. The minimum atomic E-state index is -0.644. The average Bonchev–Trinajstić information content (AvgIpc) is 3.44. The topological polar surface area (TPSA) is 95.3 Å². The highest BCUT2D eigenvalue weighted by Crippen LogP contribution is 2.36. The molecule has 1 aromatic heterocycles. The molecule has 2 amide bonds. The number of methoxy groups -OCH3 is 1. The standard InChI is InChI=1S/C26H21Cl2NO7S/c1-3-34-22-10-15(4-8-20(22)35-14-16-5-6-17(27)12-19(16)28)11-23-24(30)29(26(32)37-23)13-18-7-9-21(36-18)25(31)33-2/h4-12H,3,13-14H2,1-2H3/b23-11+. The van der Waals surface area contributed by atoms with Gasteiger partial charge in [0, 0.05) is 15.6 Å². The molecule has 11 heteroatoms. The second kappa shape index (κ2) is 11.8. The molecular weight excluding hydrogens is 541 g/mol. The summed E-state index contributed by atoms with van der Waals surface area (Å²) in [6, 6.07) is 13.3.